The Morgan fingerprint density at radius 2 is 1.94 bits per heavy atom. The van der Waals surface area contributed by atoms with Crippen molar-refractivity contribution in [1.29, 1.82) is 0 Å². The first kappa shape index (κ1) is 12.4. The Bertz CT molecular complexity index is 344. The number of nitrogens with two attached hydrogens (primary N) is 1. The number of hydrogen-bond donors (Lipinski definition) is 1. The number of ether oxygens (including phenoxy) is 1. The van der Waals surface area contributed by atoms with Gasteiger partial charge < -0.3 is 10.5 Å². The Labute approximate surface area is 104 Å². The monoisotopic (exact) mass is 233 g/mol. The lowest BCUT2D eigenvalue weighted by Crippen LogP contribution is -2.24. The van der Waals surface area contributed by atoms with Crippen molar-refractivity contribution in [1.82, 2.24) is 0 Å². The highest BCUT2D eigenvalue weighted by atomic mass is 16.5. The van der Waals surface area contributed by atoms with Crippen molar-refractivity contribution in [2.24, 2.45) is 11.7 Å². The van der Waals surface area contributed by atoms with Crippen LogP contribution in [0.25, 0.3) is 0 Å². The molecule has 2 rings (SSSR count). The molecule has 0 heterocycles. The van der Waals surface area contributed by atoms with Crippen molar-refractivity contribution in [3.05, 3.63) is 29.8 Å². The lowest BCUT2D eigenvalue weighted by atomic mass is 9.89. The SMILES string of the molecule is CC1CCCC(Oc2ccc([C@H](C)N)cc2)C1. The topological polar surface area (TPSA) is 35.2 Å². The summed E-state index contributed by atoms with van der Waals surface area (Å²) in [6.07, 6.45) is 5.43. The van der Waals surface area contributed by atoms with Gasteiger partial charge in [-0.15, -0.1) is 0 Å². The fourth-order valence-electron chi connectivity index (χ4n) is 2.53. The van der Waals surface area contributed by atoms with E-state index in [2.05, 4.69) is 19.1 Å². The molecule has 0 radical (unpaired) electrons. The molecule has 0 aliphatic heterocycles. The molecule has 1 aromatic rings. The molecule has 2 unspecified atom stereocenters. The predicted octanol–water partition coefficient (Wildman–Crippen LogP) is 3.66. The molecular formula is C15H23NO. The summed E-state index contributed by atoms with van der Waals surface area (Å²) < 4.78 is 6.02. The van der Waals surface area contributed by atoms with Crippen molar-refractivity contribution in [3.63, 3.8) is 0 Å². The van der Waals surface area contributed by atoms with Gasteiger partial charge in [-0.25, -0.2) is 0 Å². The third-order valence-corrected chi connectivity index (χ3v) is 3.60. The fourth-order valence-corrected chi connectivity index (χ4v) is 2.53. The summed E-state index contributed by atoms with van der Waals surface area (Å²) >= 11 is 0. The van der Waals surface area contributed by atoms with Crippen LogP contribution in [0.3, 0.4) is 0 Å². The maximum atomic E-state index is 6.02. The van der Waals surface area contributed by atoms with Gasteiger partial charge in [0.2, 0.25) is 0 Å². The number of rotatable bonds is 3. The van der Waals surface area contributed by atoms with Crippen LogP contribution in [0, 0.1) is 5.92 Å². The predicted molar refractivity (Wildman–Crippen MR) is 71.1 cm³/mol. The zero-order valence-corrected chi connectivity index (χ0v) is 10.9. The first-order valence-corrected chi connectivity index (χ1v) is 6.67. The minimum Gasteiger partial charge on any atom is -0.490 e. The van der Waals surface area contributed by atoms with E-state index in [1.165, 1.54) is 25.7 Å². The molecule has 0 bridgehead atoms. The van der Waals surface area contributed by atoms with Crippen molar-refractivity contribution < 1.29 is 4.74 Å². The van der Waals surface area contributed by atoms with Gasteiger partial charge in [-0.05, 0) is 49.8 Å². The molecule has 0 saturated heterocycles. The van der Waals surface area contributed by atoms with E-state index in [0.29, 0.717) is 6.10 Å². The van der Waals surface area contributed by atoms with Gasteiger partial charge in [0.15, 0.2) is 0 Å². The highest BCUT2D eigenvalue weighted by Gasteiger charge is 2.20. The lowest BCUT2D eigenvalue weighted by molar-refractivity contribution is 0.129. The Hall–Kier alpha value is -1.02. The summed E-state index contributed by atoms with van der Waals surface area (Å²) in [6, 6.07) is 8.30. The van der Waals surface area contributed by atoms with E-state index in [1.54, 1.807) is 0 Å². The smallest absolute Gasteiger partial charge is 0.119 e. The molecule has 1 fully saturated rings. The second kappa shape index (κ2) is 5.54. The van der Waals surface area contributed by atoms with E-state index in [-0.39, 0.29) is 6.04 Å². The molecule has 94 valence electrons. The first-order chi connectivity index (χ1) is 8.15. The molecule has 2 N–H and O–H groups in total. The minimum absolute atomic E-state index is 0.0961. The van der Waals surface area contributed by atoms with E-state index < -0.39 is 0 Å². The van der Waals surface area contributed by atoms with Crippen molar-refractivity contribution in [2.45, 2.75) is 51.7 Å². The molecule has 1 aliphatic rings. The summed E-state index contributed by atoms with van der Waals surface area (Å²) in [6.45, 7) is 4.31. The molecule has 0 spiro atoms. The van der Waals surface area contributed by atoms with E-state index in [4.69, 9.17) is 10.5 Å². The van der Waals surface area contributed by atoms with Crippen LogP contribution in [0.4, 0.5) is 0 Å². The summed E-state index contributed by atoms with van der Waals surface area (Å²) in [5.41, 5.74) is 6.99. The average molecular weight is 233 g/mol. The van der Waals surface area contributed by atoms with Crippen LogP contribution in [-0.4, -0.2) is 6.10 Å². The van der Waals surface area contributed by atoms with Crippen LogP contribution in [0.15, 0.2) is 24.3 Å². The molecule has 17 heavy (non-hydrogen) atoms. The number of benzene rings is 1. The Morgan fingerprint density at radius 3 is 2.53 bits per heavy atom. The van der Waals surface area contributed by atoms with Crippen LogP contribution < -0.4 is 10.5 Å². The third-order valence-electron chi connectivity index (χ3n) is 3.60. The van der Waals surface area contributed by atoms with Crippen molar-refractivity contribution in [3.8, 4) is 5.75 Å². The fraction of sp³-hybridized carbons (Fsp3) is 0.600. The Balaban J connectivity index is 1.94. The first-order valence-electron chi connectivity index (χ1n) is 6.67. The number of hydrogen-bond acceptors (Lipinski definition) is 2. The molecule has 1 aliphatic carbocycles. The highest BCUT2D eigenvalue weighted by molar-refractivity contribution is 5.28. The van der Waals surface area contributed by atoms with Gasteiger partial charge in [0.1, 0.15) is 5.75 Å². The molecule has 2 nitrogen and oxygen atoms in total. The minimum atomic E-state index is 0.0961. The van der Waals surface area contributed by atoms with Gasteiger partial charge in [0.25, 0.3) is 0 Å². The maximum absolute atomic E-state index is 6.02. The summed E-state index contributed by atoms with van der Waals surface area (Å²) in [5.74, 6) is 1.78. The lowest BCUT2D eigenvalue weighted by Gasteiger charge is -2.27. The molecule has 0 aromatic heterocycles. The van der Waals surface area contributed by atoms with Gasteiger partial charge in [0.05, 0.1) is 6.10 Å². The third kappa shape index (κ3) is 3.47. The average Bonchev–Trinajstić information content (AvgIpc) is 2.29. The summed E-state index contributed by atoms with van der Waals surface area (Å²) in [7, 11) is 0. The molecule has 3 atom stereocenters. The van der Waals surface area contributed by atoms with Crippen molar-refractivity contribution in [2.75, 3.05) is 0 Å². The normalized spacial score (nSPS) is 26.5. The van der Waals surface area contributed by atoms with Crippen molar-refractivity contribution >= 4 is 0 Å². The second-order valence-corrected chi connectivity index (χ2v) is 5.37. The van der Waals surface area contributed by atoms with Crippen LogP contribution in [0.5, 0.6) is 5.75 Å². The van der Waals surface area contributed by atoms with Crippen LogP contribution in [0.2, 0.25) is 0 Å². The largest absolute Gasteiger partial charge is 0.490 e. The molecule has 1 aromatic carbocycles. The molecule has 1 saturated carbocycles. The van der Waals surface area contributed by atoms with E-state index in [0.717, 1.165) is 17.2 Å². The summed E-state index contributed by atoms with van der Waals surface area (Å²) in [5, 5.41) is 0. The Morgan fingerprint density at radius 1 is 1.24 bits per heavy atom. The van der Waals surface area contributed by atoms with Crippen LogP contribution in [0.1, 0.15) is 51.1 Å². The van der Waals surface area contributed by atoms with E-state index in [9.17, 15) is 0 Å². The second-order valence-electron chi connectivity index (χ2n) is 5.37. The Kier molecular flexibility index (Phi) is 4.06. The standard InChI is InChI=1S/C15H23NO/c1-11-4-3-5-15(10-11)17-14-8-6-13(7-9-14)12(2)16/h6-9,11-12,15H,3-5,10,16H2,1-2H3/t11?,12-,15?/m0/s1. The zero-order valence-electron chi connectivity index (χ0n) is 10.9. The zero-order chi connectivity index (χ0) is 12.3. The molecule has 0 amide bonds. The van der Waals surface area contributed by atoms with Gasteiger partial charge in [-0.2, -0.15) is 0 Å². The van der Waals surface area contributed by atoms with E-state index >= 15 is 0 Å². The highest BCUT2D eigenvalue weighted by Crippen LogP contribution is 2.27. The van der Waals surface area contributed by atoms with Gasteiger partial charge in [0, 0.05) is 6.04 Å². The molecule has 2 heteroatoms. The van der Waals surface area contributed by atoms with Crippen LogP contribution in [-0.2, 0) is 0 Å². The van der Waals surface area contributed by atoms with Gasteiger partial charge >= 0.3 is 0 Å². The van der Waals surface area contributed by atoms with Gasteiger partial charge in [-0.3, -0.25) is 0 Å². The maximum Gasteiger partial charge on any atom is 0.119 e. The van der Waals surface area contributed by atoms with Gasteiger partial charge in [-0.1, -0.05) is 25.5 Å². The van der Waals surface area contributed by atoms with E-state index in [1.807, 2.05) is 19.1 Å². The summed E-state index contributed by atoms with van der Waals surface area (Å²) in [4.78, 5) is 0. The van der Waals surface area contributed by atoms with Crippen LogP contribution >= 0.6 is 0 Å². The quantitative estimate of drug-likeness (QED) is 0.864. The molecular weight excluding hydrogens is 210 g/mol.